The van der Waals surface area contributed by atoms with Gasteiger partial charge in [0, 0.05) is 5.33 Å². The molecule has 0 N–H and O–H groups in total. The molecule has 2 rings (SSSR count). The second-order valence-electron chi connectivity index (χ2n) is 4.58. The predicted molar refractivity (Wildman–Crippen MR) is 67.4 cm³/mol. The molecule has 1 aromatic carbocycles. The number of benzene rings is 1. The number of hydrogen-bond acceptors (Lipinski definition) is 2. The average molecular weight is 337 g/mol. The molecule has 104 valence electrons. The molecule has 0 radical (unpaired) electrons. The van der Waals surface area contributed by atoms with Gasteiger partial charge in [0.05, 0.1) is 18.1 Å². The Bertz CT molecular complexity index is 507. The number of carbonyl (C=O) groups excluding carboxylic acids is 1. The molecule has 0 aromatic heterocycles. The van der Waals surface area contributed by atoms with E-state index in [1.54, 1.807) is 6.07 Å². The second kappa shape index (κ2) is 4.81. The van der Waals surface area contributed by atoms with Crippen LogP contribution in [0.5, 0.6) is 0 Å². The highest BCUT2D eigenvalue weighted by Crippen LogP contribution is 2.59. The molecule has 19 heavy (non-hydrogen) atoms. The van der Waals surface area contributed by atoms with E-state index in [1.807, 2.05) is 0 Å². The van der Waals surface area contributed by atoms with E-state index in [4.69, 9.17) is 0 Å². The van der Waals surface area contributed by atoms with Gasteiger partial charge in [0.25, 0.3) is 0 Å². The first kappa shape index (κ1) is 14.4. The largest absolute Gasteiger partial charge is 0.465 e. The molecular formula is C13H12BrF3O2. The van der Waals surface area contributed by atoms with Gasteiger partial charge in [-0.3, -0.25) is 0 Å². The van der Waals surface area contributed by atoms with Gasteiger partial charge in [-0.2, -0.15) is 13.2 Å². The maximum atomic E-state index is 13.1. The Labute approximate surface area is 117 Å². The van der Waals surface area contributed by atoms with E-state index in [0.717, 1.165) is 0 Å². The van der Waals surface area contributed by atoms with Crippen molar-refractivity contribution < 1.29 is 22.7 Å². The lowest BCUT2D eigenvalue weighted by molar-refractivity contribution is -0.160. The zero-order valence-corrected chi connectivity index (χ0v) is 11.8. The van der Waals surface area contributed by atoms with Gasteiger partial charge in [0.2, 0.25) is 0 Å². The average Bonchev–Trinajstić information content (AvgIpc) is 3.18. The van der Waals surface area contributed by atoms with Gasteiger partial charge >= 0.3 is 12.1 Å². The topological polar surface area (TPSA) is 26.3 Å². The van der Waals surface area contributed by atoms with Crippen molar-refractivity contribution in [3.63, 3.8) is 0 Å². The number of rotatable bonds is 3. The van der Waals surface area contributed by atoms with Crippen molar-refractivity contribution >= 4 is 21.9 Å². The van der Waals surface area contributed by atoms with Crippen LogP contribution in [0.2, 0.25) is 0 Å². The van der Waals surface area contributed by atoms with Crippen molar-refractivity contribution in [2.75, 3.05) is 7.11 Å². The SMILES string of the molecule is COC(=O)c1cc(C2(C(F)(F)F)CC2)ccc1CBr. The van der Waals surface area contributed by atoms with Crippen LogP contribution in [-0.4, -0.2) is 19.3 Å². The van der Waals surface area contributed by atoms with Gasteiger partial charge in [-0.25, -0.2) is 4.79 Å². The minimum atomic E-state index is -4.28. The van der Waals surface area contributed by atoms with Crippen LogP contribution in [0.4, 0.5) is 13.2 Å². The highest BCUT2D eigenvalue weighted by atomic mass is 79.9. The molecular weight excluding hydrogens is 325 g/mol. The maximum Gasteiger partial charge on any atom is 0.398 e. The molecule has 1 aromatic rings. The summed E-state index contributed by atoms with van der Waals surface area (Å²) in [5.41, 5.74) is -0.827. The summed E-state index contributed by atoms with van der Waals surface area (Å²) in [6.07, 6.45) is -4.13. The lowest BCUT2D eigenvalue weighted by Crippen LogP contribution is -2.29. The third-order valence-corrected chi connectivity index (χ3v) is 4.11. The monoisotopic (exact) mass is 336 g/mol. The summed E-state index contributed by atoms with van der Waals surface area (Å²) in [5, 5.41) is 0.386. The fraction of sp³-hybridized carbons (Fsp3) is 0.462. The molecule has 2 nitrogen and oxygen atoms in total. The number of hydrogen-bond donors (Lipinski definition) is 0. The summed E-state index contributed by atoms with van der Waals surface area (Å²) >= 11 is 3.21. The first-order chi connectivity index (χ1) is 8.85. The van der Waals surface area contributed by atoms with E-state index in [2.05, 4.69) is 20.7 Å². The summed E-state index contributed by atoms with van der Waals surface area (Å²) < 4.78 is 43.8. The van der Waals surface area contributed by atoms with E-state index in [1.165, 1.54) is 19.2 Å². The van der Waals surface area contributed by atoms with Crippen LogP contribution < -0.4 is 0 Å². The lowest BCUT2D eigenvalue weighted by Gasteiger charge is -2.20. The molecule has 0 aliphatic heterocycles. The minimum Gasteiger partial charge on any atom is -0.465 e. The Kier molecular flexibility index (Phi) is 3.64. The summed E-state index contributed by atoms with van der Waals surface area (Å²) in [6, 6.07) is 4.30. The van der Waals surface area contributed by atoms with E-state index < -0.39 is 17.6 Å². The van der Waals surface area contributed by atoms with E-state index in [9.17, 15) is 18.0 Å². The summed E-state index contributed by atoms with van der Waals surface area (Å²) in [6.45, 7) is 0. The molecule has 1 fully saturated rings. The first-order valence-electron chi connectivity index (χ1n) is 5.70. The van der Waals surface area contributed by atoms with E-state index >= 15 is 0 Å². The molecule has 0 amide bonds. The Morgan fingerprint density at radius 1 is 1.42 bits per heavy atom. The van der Waals surface area contributed by atoms with Gasteiger partial charge in [0.1, 0.15) is 0 Å². The molecule has 0 unspecified atom stereocenters. The van der Waals surface area contributed by atoms with Crippen LogP contribution in [0.3, 0.4) is 0 Å². The Balaban J connectivity index is 2.48. The Morgan fingerprint density at radius 2 is 2.05 bits per heavy atom. The molecule has 0 spiro atoms. The van der Waals surface area contributed by atoms with Gasteiger partial charge in [-0.05, 0) is 30.0 Å². The van der Waals surface area contributed by atoms with Crippen molar-refractivity contribution in [3.8, 4) is 0 Å². The quantitative estimate of drug-likeness (QED) is 0.616. The smallest absolute Gasteiger partial charge is 0.398 e. The molecule has 1 aliphatic rings. The van der Waals surface area contributed by atoms with Crippen molar-refractivity contribution in [1.29, 1.82) is 0 Å². The van der Waals surface area contributed by atoms with Gasteiger partial charge < -0.3 is 4.74 Å². The van der Waals surface area contributed by atoms with Crippen LogP contribution in [0.1, 0.15) is 34.3 Å². The lowest BCUT2D eigenvalue weighted by atomic mass is 9.92. The van der Waals surface area contributed by atoms with Crippen molar-refractivity contribution in [1.82, 2.24) is 0 Å². The third-order valence-electron chi connectivity index (χ3n) is 3.50. The molecule has 0 bridgehead atoms. The van der Waals surface area contributed by atoms with Crippen molar-refractivity contribution in [3.05, 3.63) is 34.9 Å². The molecule has 6 heteroatoms. The number of esters is 1. The van der Waals surface area contributed by atoms with E-state index in [0.29, 0.717) is 10.9 Å². The van der Waals surface area contributed by atoms with Crippen LogP contribution in [0.15, 0.2) is 18.2 Å². The van der Waals surface area contributed by atoms with Crippen LogP contribution >= 0.6 is 15.9 Å². The highest BCUT2D eigenvalue weighted by Gasteiger charge is 2.64. The standard InChI is InChI=1S/C13H12BrF3O2/c1-19-11(18)10-6-9(3-2-8(10)7-14)12(4-5-12)13(15,16)17/h2-3,6H,4-5,7H2,1H3. The first-order valence-corrected chi connectivity index (χ1v) is 6.82. The van der Waals surface area contributed by atoms with Crippen LogP contribution in [0.25, 0.3) is 0 Å². The number of alkyl halides is 4. The molecule has 1 saturated carbocycles. The summed E-state index contributed by atoms with van der Waals surface area (Å²) in [7, 11) is 1.21. The Hall–Kier alpha value is -1.04. The third kappa shape index (κ3) is 2.38. The molecule has 0 atom stereocenters. The minimum absolute atomic E-state index is 0.0742. The summed E-state index contributed by atoms with van der Waals surface area (Å²) in [5.74, 6) is -0.616. The summed E-state index contributed by atoms with van der Waals surface area (Å²) in [4.78, 5) is 11.6. The zero-order valence-electron chi connectivity index (χ0n) is 10.2. The molecule has 1 aliphatic carbocycles. The number of methoxy groups -OCH3 is 1. The number of halogens is 4. The van der Waals surface area contributed by atoms with Crippen LogP contribution in [0, 0.1) is 0 Å². The fourth-order valence-corrected chi connectivity index (χ4v) is 2.64. The van der Waals surface area contributed by atoms with E-state index in [-0.39, 0.29) is 24.0 Å². The van der Waals surface area contributed by atoms with Crippen LogP contribution in [-0.2, 0) is 15.5 Å². The fourth-order valence-electron chi connectivity index (χ4n) is 2.15. The molecule has 0 saturated heterocycles. The zero-order chi connectivity index (χ0) is 14.3. The van der Waals surface area contributed by atoms with Gasteiger partial charge in [-0.15, -0.1) is 0 Å². The van der Waals surface area contributed by atoms with Crippen molar-refractivity contribution in [2.45, 2.75) is 29.8 Å². The van der Waals surface area contributed by atoms with Gasteiger partial charge in [-0.1, -0.05) is 28.1 Å². The number of carbonyl (C=O) groups is 1. The molecule has 0 heterocycles. The normalized spacial score (nSPS) is 17.1. The second-order valence-corrected chi connectivity index (χ2v) is 5.14. The number of ether oxygens (including phenoxy) is 1. The van der Waals surface area contributed by atoms with Crippen molar-refractivity contribution in [2.24, 2.45) is 0 Å². The predicted octanol–water partition coefficient (Wildman–Crippen LogP) is 3.96. The highest BCUT2D eigenvalue weighted by molar-refractivity contribution is 9.08. The maximum absolute atomic E-state index is 13.1. The van der Waals surface area contributed by atoms with Gasteiger partial charge in [0.15, 0.2) is 0 Å². The Morgan fingerprint density at radius 3 is 2.47 bits per heavy atom.